The van der Waals surface area contributed by atoms with Crippen LogP contribution in [0.15, 0.2) is 54.7 Å². The fourth-order valence-electron chi connectivity index (χ4n) is 2.62. The molecule has 0 saturated carbocycles. The number of fused-ring (bicyclic) bond motifs is 1. The number of rotatable bonds is 6. The lowest BCUT2D eigenvalue weighted by molar-refractivity contribution is 0.0953. The van der Waals surface area contributed by atoms with Crippen LogP contribution in [0.4, 0.5) is 10.1 Å². The van der Waals surface area contributed by atoms with E-state index in [2.05, 4.69) is 21.7 Å². The Morgan fingerprint density at radius 1 is 1.12 bits per heavy atom. The van der Waals surface area contributed by atoms with Crippen molar-refractivity contribution in [2.24, 2.45) is 0 Å². The van der Waals surface area contributed by atoms with Crippen LogP contribution in [-0.2, 0) is 0 Å². The molecule has 0 radical (unpaired) electrons. The lowest BCUT2D eigenvalue weighted by Crippen LogP contribution is -2.25. The van der Waals surface area contributed by atoms with Crippen LogP contribution in [-0.4, -0.2) is 24.0 Å². The number of benzene rings is 2. The second-order valence-corrected chi connectivity index (χ2v) is 5.72. The normalized spacial score (nSPS) is 10.3. The molecule has 0 aliphatic rings. The van der Waals surface area contributed by atoms with Crippen molar-refractivity contribution in [1.29, 1.82) is 5.26 Å². The van der Waals surface area contributed by atoms with Crippen LogP contribution < -0.4 is 10.6 Å². The number of aromatic nitrogens is 1. The molecule has 0 saturated heterocycles. The second kappa shape index (κ2) is 8.08. The molecule has 1 amide bonds. The summed E-state index contributed by atoms with van der Waals surface area (Å²) in [5.74, 6) is -0.610. The number of nitriles is 1. The standard InChI is InChI=1S/C20H17FN4O/c21-16-8-6-14(7-9-16)20(26)24-11-3-10-23-19-15(12-22)13-25-18-5-2-1-4-17(18)19/h1-2,4-9,13H,3,10-11H2,(H,23,25)(H,24,26). The summed E-state index contributed by atoms with van der Waals surface area (Å²) in [6, 6.07) is 15.2. The maximum absolute atomic E-state index is 12.9. The largest absolute Gasteiger partial charge is 0.383 e. The zero-order valence-corrected chi connectivity index (χ0v) is 14.0. The van der Waals surface area contributed by atoms with Crippen molar-refractivity contribution in [3.8, 4) is 6.07 Å². The highest BCUT2D eigenvalue weighted by Gasteiger charge is 2.08. The van der Waals surface area contributed by atoms with Crippen molar-refractivity contribution in [1.82, 2.24) is 10.3 Å². The van der Waals surface area contributed by atoms with E-state index in [0.29, 0.717) is 30.6 Å². The Morgan fingerprint density at radius 3 is 2.65 bits per heavy atom. The van der Waals surface area contributed by atoms with E-state index in [9.17, 15) is 14.4 Å². The molecule has 5 nitrogen and oxygen atoms in total. The van der Waals surface area contributed by atoms with Crippen molar-refractivity contribution in [3.63, 3.8) is 0 Å². The average molecular weight is 348 g/mol. The summed E-state index contributed by atoms with van der Waals surface area (Å²) in [5, 5.41) is 16.2. The van der Waals surface area contributed by atoms with E-state index >= 15 is 0 Å². The number of hydrogen-bond donors (Lipinski definition) is 2. The van der Waals surface area contributed by atoms with Gasteiger partial charge in [0.2, 0.25) is 0 Å². The number of carbonyl (C=O) groups is 1. The molecule has 1 aromatic heterocycles. The van der Waals surface area contributed by atoms with Gasteiger partial charge in [0.15, 0.2) is 0 Å². The van der Waals surface area contributed by atoms with E-state index in [1.165, 1.54) is 24.3 Å². The predicted octanol–water partition coefficient (Wildman–Crippen LogP) is 3.48. The molecule has 0 unspecified atom stereocenters. The number of anilines is 1. The van der Waals surface area contributed by atoms with Crippen LogP contribution >= 0.6 is 0 Å². The summed E-state index contributed by atoms with van der Waals surface area (Å²) in [6.07, 6.45) is 2.23. The Bertz CT molecular complexity index is 964. The third-order valence-corrected chi connectivity index (χ3v) is 3.94. The molecular weight excluding hydrogens is 331 g/mol. The first-order valence-electron chi connectivity index (χ1n) is 8.24. The number of amides is 1. The average Bonchev–Trinajstić information content (AvgIpc) is 2.68. The molecule has 2 aromatic carbocycles. The molecular formula is C20H17FN4O. The van der Waals surface area contributed by atoms with Gasteiger partial charge in [-0.15, -0.1) is 0 Å². The van der Waals surface area contributed by atoms with Crippen LogP contribution in [0, 0.1) is 17.1 Å². The minimum absolute atomic E-state index is 0.239. The SMILES string of the molecule is N#Cc1cnc2ccccc2c1NCCCNC(=O)c1ccc(F)cc1. The van der Waals surface area contributed by atoms with Gasteiger partial charge in [0.05, 0.1) is 16.8 Å². The van der Waals surface area contributed by atoms with Gasteiger partial charge in [0.25, 0.3) is 5.91 Å². The quantitative estimate of drug-likeness (QED) is 0.669. The predicted molar refractivity (Wildman–Crippen MR) is 98.3 cm³/mol. The Labute approximate surface area is 150 Å². The number of halogens is 1. The van der Waals surface area contributed by atoms with Gasteiger partial charge in [-0.1, -0.05) is 18.2 Å². The molecule has 0 bridgehead atoms. The fraction of sp³-hybridized carbons (Fsp3) is 0.150. The van der Waals surface area contributed by atoms with Gasteiger partial charge in [0.1, 0.15) is 11.9 Å². The second-order valence-electron chi connectivity index (χ2n) is 5.72. The molecule has 0 aliphatic carbocycles. The number of nitrogens with one attached hydrogen (secondary N) is 2. The molecule has 0 spiro atoms. The number of para-hydroxylation sites is 1. The van der Waals surface area contributed by atoms with Crippen molar-refractivity contribution in [3.05, 3.63) is 71.7 Å². The topological polar surface area (TPSA) is 77.8 Å². The number of carbonyl (C=O) groups excluding carboxylic acids is 1. The maximum atomic E-state index is 12.9. The van der Waals surface area contributed by atoms with Gasteiger partial charge < -0.3 is 10.6 Å². The molecule has 2 N–H and O–H groups in total. The molecule has 130 valence electrons. The van der Waals surface area contributed by atoms with Gasteiger partial charge in [-0.3, -0.25) is 9.78 Å². The monoisotopic (exact) mass is 348 g/mol. The first-order valence-corrected chi connectivity index (χ1v) is 8.24. The minimum Gasteiger partial charge on any atom is -0.383 e. The molecule has 26 heavy (non-hydrogen) atoms. The van der Waals surface area contributed by atoms with E-state index in [1.54, 1.807) is 6.20 Å². The highest BCUT2D eigenvalue weighted by molar-refractivity contribution is 5.94. The minimum atomic E-state index is -0.372. The Morgan fingerprint density at radius 2 is 1.88 bits per heavy atom. The number of hydrogen-bond acceptors (Lipinski definition) is 4. The highest BCUT2D eigenvalue weighted by Crippen LogP contribution is 2.25. The number of nitrogens with zero attached hydrogens (tertiary/aromatic N) is 2. The summed E-state index contributed by atoms with van der Waals surface area (Å²) in [6.45, 7) is 1.06. The van der Waals surface area contributed by atoms with E-state index in [0.717, 1.165) is 16.6 Å². The summed E-state index contributed by atoms with van der Waals surface area (Å²) >= 11 is 0. The van der Waals surface area contributed by atoms with Crippen LogP contribution in [0.3, 0.4) is 0 Å². The molecule has 1 heterocycles. The lowest BCUT2D eigenvalue weighted by atomic mass is 10.1. The van der Waals surface area contributed by atoms with Crippen LogP contribution in [0.25, 0.3) is 10.9 Å². The third kappa shape index (κ3) is 3.95. The van der Waals surface area contributed by atoms with Gasteiger partial charge in [-0.2, -0.15) is 5.26 Å². The van der Waals surface area contributed by atoms with E-state index in [-0.39, 0.29) is 11.7 Å². The summed E-state index contributed by atoms with van der Waals surface area (Å²) < 4.78 is 12.9. The van der Waals surface area contributed by atoms with E-state index in [1.807, 2.05) is 24.3 Å². The lowest BCUT2D eigenvalue weighted by Gasteiger charge is -2.11. The molecule has 6 heteroatoms. The Hall–Kier alpha value is -3.46. The van der Waals surface area contributed by atoms with Gasteiger partial charge in [-0.05, 0) is 36.8 Å². The molecule has 0 fully saturated rings. The van der Waals surface area contributed by atoms with Crippen LogP contribution in [0.2, 0.25) is 0 Å². The highest BCUT2D eigenvalue weighted by atomic mass is 19.1. The summed E-state index contributed by atoms with van der Waals surface area (Å²) in [7, 11) is 0. The Balaban J connectivity index is 1.56. The van der Waals surface area contributed by atoms with Crippen molar-refractivity contribution < 1.29 is 9.18 Å². The third-order valence-electron chi connectivity index (χ3n) is 3.94. The van der Waals surface area contributed by atoms with Crippen LogP contribution in [0.1, 0.15) is 22.3 Å². The Kier molecular flexibility index (Phi) is 5.40. The van der Waals surface area contributed by atoms with Crippen LogP contribution in [0.5, 0.6) is 0 Å². The summed E-state index contributed by atoms with van der Waals surface area (Å²) in [5.41, 5.74) is 2.48. The zero-order valence-electron chi connectivity index (χ0n) is 14.0. The molecule has 3 aromatic rings. The molecule has 0 atom stereocenters. The van der Waals surface area contributed by atoms with Gasteiger partial charge in [-0.25, -0.2) is 4.39 Å². The fourth-order valence-corrected chi connectivity index (χ4v) is 2.62. The van der Waals surface area contributed by atoms with E-state index in [4.69, 9.17) is 0 Å². The van der Waals surface area contributed by atoms with Gasteiger partial charge >= 0.3 is 0 Å². The van der Waals surface area contributed by atoms with E-state index < -0.39 is 0 Å². The van der Waals surface area contributed by atoms with Gasteiger partial charge in [0, 0.05) is 30.2 Å². The maximum Gasteiger partial charge on any atom is 0.251 e. The van der Waals surface area contributed by atoms with Crippen molar-refractivity contribution in [2.75, 3.05) is 18.4 Å². The zero-order chi connectivity index (χ0) is 18.4. The molecule has 3 rings (SSSR count). The van der Waals surface area contributed by atoms with Crippen molar-refractivity contribution >= 4 is 22.5 Å². The first kappa shape index (κ1) is 17.4. The smallest absolute Gasteiger partial charge is 0.251 e. The number of pyridine rings is 1. The van der Waals surface area contributed by atoms with Crippen molar-refractivity contribution in [2.45, 2.75) is 6.42 Å². The summed E-state index contributed by atoms with van der Waals surface area (Å²) in [4.78, 5) is 16.2. The first-order chi connectivity index (χ1) is 12.7. The molecule has 0 aliphatic heterocycles.